The van der Waals surface area contributed by atoms with Gasteiger partial charge in [-0.25, -0.2) is 25.6 Å². The number of sulfonamides is 2. The van der Waals surface area contributed by atoms with Crippen LogP contribution >= 0.6 is 0 Å². The number of hydrogen-bond donors (Lipinski definition) is 2. The van der Waals surface area contributed by atoms with Crippen molar-refractivity contribution >= 4 is 31.4 Å². The second-order valence-electron chi connectivity index (χ2n) is 6.04. The van der Waals surface area contributed by atoms with Crippen LogP contribution in [0.2, 0.25) is 0 Å². The SMILES string of the molecule is COc1ccc(S(=O)(=O)Nc2ccc(NS(=O)(=O)c3ccc(F)c(F)c3)cc2)cc1. The molecule has 0 unspecified atom stereocenters. The Morgan fingerprint density at radius 2 is 1.13 bits per heavy atom. The van der Waals surface area contributed by atoms with Crippen LogP contribution in [0, 0.1) is 11.6 Å². The van der Waals surface area contributed by atoms with Crippen molar-refractivity contribution in [2.75, 3.05) is 16.6 Å². The number of nitrogens with one attached hydrogen (secondary N) is 2. The molecule has 3 aromatic rings. The molecule has 158 valence electrons. The molecule has 3 aromatic carbocycles. The van der Waals surface area contributed by atoms with E-state index in [2.05, 4.69) is 9.44 Å². The van der Waals surface area contributed by atoms with Gasteiger partial charge in [0.1, 0.15) is 5.75 Å². The van der Waals surface area contributed by atoms with Crippen LogP contribution in [0.4, 0.5) is 20.2 Å². The Balaban J connectivity index is 1.74. The molecule has 0 aliphatic rings. The Bertz CT molecular complexity index is 1260. The molecule has 0 aromatic heterocycles. The lowest BCUT2D eigenvalue weighted by Gasteiger charge is -2.11. The highest BCUT2D eigenvalue weighted by molar-refractivity contribution is 7.93. The third-order valence-corrected chi connectivity index (χ3v) is 6.74. The molecular weight excluding hydrogens is 438 g/mol. The summed E-state index contributed by atoms with van der Waals surface area (Å²) in [6, 6.07) is 13.3. The highest BCUT2D eigenvalue weighted by Crippen LogP contribution is 2.22. The highest BCUT2D eigenvalue weighted by Gasteiger charge is 2.18. The summed E-state index contributed by atoms with van der Waals surface area (Å²) in [5.74, 6) is -1.95. The van der Waals surface area contributed by atoms with Gasteiger partial charge in [-0.1, -0.05) is 0 Å². The van der Waals surface area contributed by atoms with E-state index in [1.165, 1.54) is 55.6 Å². The molecule has 11 heteroatoms. The number of halogens is 2. The number of hydrogen-bond acceptors (Lipinski definition) is 5. The van der Waals surface area contributed by atoms with Crippen LogP contribution in [0.5, 0.6) is 5.75 Å². The maximum Gasteiger partial charge on any atom is 0.261 e. The highest BCUT2D eigenvalue weighted by atomic mass is 32.2. The molecule has 2 N–H and O–H groups in total. The molecule has 0 fully saturated rings. The average Bonchev–Trinajstić information content (AvgIpc) is 2.71. The largest absolute Gasteiger partial charge is 0.497 e. The van der Waals surface area contributed by atoms with Gasteiger partial charge in [0.05, 0.1) is 16.9 Å². The van der Waals surface area contributed by atoms with Gasteiger partial charge < -0.3 is 4.74 Å². The minimum absolute atomic E-state index is 0.0198. The molecule has 0 radical (unpaired) electrons. The van der Waals surface area contributed by atoms with Crippen LogP contribution in [0.25, 0.3) is 0 Å². The molecule has 0 aliphatic carbocycles. The van der Waals surface area contributed by atoms with Crippen molar-refractivity contribution in [3.05, 3.63) is 78.4 Å². The van der Waals surface area contributed by atoms with E-state index in [0.717, 1.165) is 6.07 Å². The van der Waals surface area contributed by atoms with Crippen LogP contribution in [0.1, 0.15) is 0 Å². The smallest absolute Gasteiger partial charge is 0.261 e. The van der Waals surface area contributed by atoms with Crippen LogP contribution in [-0.4, -0.2) is 23.9 Å². The van der Waals surface area contributed by atoms with E-state index in [9.17, 15) is 25.6 Å². The number of anilines is 2. The summed E-state index contributed by atoms with van der Waals surface area (Å²) in [6.07, 6.45) is 0. The Kier molecular flexibility index (Phi) is 5.94. The van der Waals surface area contributed by atoms with E-state index in [0.29, 0.717) is 17.9 Å². The second kappa shape index (κ2) is 8.28. The lowest BCUT2D eigenvalue weighted by molar-refractivity contribution is 0.414. The molecular formula is C19H16F2N2O5S2. The summed E-state index contributed by atoms with van der Waals surface area (Å²) in [5.41, 5.74) is 0.300. The molecule has 0 heterocycles. The van der Waals surface area contributed by atoms with Crippen molar-refractivity contribution in [1.29, 1.82) is 0 Å². The lowest BCUT2D eigenvalue weighted by Crippen LogP contribution is -2.14. The number of ether oxygens (including phenoxy) is 1. The average molecular weight is 454 g/mol. The third kappa shape index (κ3) is 4.86. The normalized spacial score (nSPS) is 11.7. The summed E-state index contributed by atoms with van der Waals surface area (Å²) >= 11 is 0. The first-order chi connectivity index (χ1) is 14.1. The van der Waals surface area contributed by atoms with Gasteiger partial charge in [-0.15, -0.1) is 0 Å². The minimum Gasteiger partial charge on any atom is -0.497 e. The standard InChI is InChI=1S/C19H16F2N2O5S2/c1-28-15-6-8-16(9-7-15)29(24,25)22-13-2-4-14(5-3-13)23-30(26,27)17-10-11-18(20)19(21)12-17/h2-12,22-23H,1H3. The molecule has 0 amide bonds. The molecule has 0 saturated carbocycles. The first-order valence-corrected chi connectivity index (χ1v) is 11.3. The summed E-state index contributed by atoms with van der Waals surface area (Å²) in [4.78, 5) is -0.433. The van der Waals surface area contributed by atoms with Gasteiger partial charge in [0.25, 0.3) is 20.0 Å². The van der Waals surface area contributed by atoms with Gasteiger partial charge in [-0.05, 0) is 66.7 Å². The summed E-state index contributed by atoms with van der Waals surface area (Å²) in [5, 5.41) is 0. The lowest BCUT2D eigenvalue weighted by atomic mass is 10.3. The van der Waals surface area contributed by atoms with E-state index in [-0.39, 0.29) is 16.3 Å². The van der Waals surface area contributed by atoms with Crippen LogP contribution < -0.4 is 14.2 Å². The predicted octanol–water partition coefficient (Wildman–Crippen LogP) is 3.58. The van der Waals surface area contributed by atoms with E-state index in [1.807, 2.05) is 0 Å². The fraction of sp³-hybridized carbons (Fsp3) is 0.0526. The van der Waals surface area contributed by atoms with Gasteiger partial charge >= 0.3 is 0 Å². The predicted molar refractivity (Wildman–Crippen MR) is 107 cm³/mol. The first kappa shape index (κ1) is 21.5. The van der Waals surface area contributed by atoms with Crippen LogP contribution in [0.15, 0.2) is 76.5 Å². The maximum atomic E-state index is 13.3. The minimum atomic E-state index is -4.16. The van der Waals surface area contributed by atoms with Gasteiger partial charge in [-0.2, -0.15) is 0 Å². The van der Waals surface area contributed by atoms with Crippen molar-refractivity contribution in [1.82, 2.24) is 0 Å². The molecule has 0 bridgehead atoms. The fourth-order valence-electron chi connectivity index (χ4n) is 2.43. The van der Waals surface area contributed by atoms with Crippen LogP contribution in [-0.2, 0) is 20.0 Å². The Hall–Kier alpha value is -3.18. The molecule has 0 aliphatic heterocycles. The van der Waals surface area contributed by atoms with Crippen LogP contribution in [0.3, 0.4) is 0 Å². The molecule has 3 rings (SSSR count). The fourth-order valence-corrected chi connectivity index (χ4v) is 4.56. The van der Waals surface area contributed by atoms with Crippen molar-refractivity contribution in [3.8, 4) is 5.75 Å². The number of rotatable bonds is 7. The quantitative estimate of drug-likeness (QED) is 0.568. The van der Waals surface area contributed by atoms with Gasteiger partial charge in [0.15, 0.2) is 11.6 Å². The molecule has 0 spiro atoms. The van der Waals surface area contributed by atoms with E-state index in [4.69, 9.17) is 4.74 Å². The third-order valence-electron chi connectivity index (χ3n) is 3.96. The van der Waals surface area contributed by atoms with Crippen molar-refractivity contribution in [2.45, 2.75) is 9.79 Å². The number of methoxy groups -OCH3 is 1. The van der Waals surface area contributed by atoms with Crippen molar-refractivity contribution in [3.63, 3.8) is 0 Å². The molecule has 7 nitrogen and oxygen atoms in total. The van der Waals surface area contributed by atoms with E-state index >= 15 is 0 Å². The Morgan fingerprint density at radius 3 is 1.60 bits per heavy atom. The van der Waals surface area contributed by atoms with E-state index < -0.39 is 36.6 Å². The monoisotopic (exact) mass is 454 g/mol. The molecule has 30 heavy (non-hydrogen) atoms. The second-order valence-corrected chi connectivity index (χ2v) is 9.40. The zero-order valence-corrected chi connectivity index (χ0v) is 17.1. The Morgan fingerprint density at radius 1 is 0.667 bits per heavy atom. The first-order valence-electron chi connectivity index (χ1n) is 8.35. The van der Waals surface area contributed by atoms with Gasteiger partial charge in [-0.3, -0.25) is 9.44 Å². The van der Waals surface area contributed by atoms with Crippen molar-refractivity contribution in [2.24, 2.45) is 0 Å². The Labute approximate surface area is 172 Å². The topological polar surface area (TPSA) is 102 Å². The van der Waals surface area contributed by atoms with Gasteiger partial charge in [0, 0.05) is 11.4 Å². The maximum absolute atomic E-state index is 13.3. The van der Waals surface area contributed by atoms with E-state index in [1.54, 1.807) is 0 Å². The zero-order valence-electron chi connectivity index (χ0n) is 15.5. The van der Waals surface area contributed by atoms with Crippen molar-refractivity contribution < 1.29 is 30.4 Å². The number of benzene rings is 3. The summed E-state index contributed by atoms with van der Waals surface area (Å²) < 4.78 is 85.3. The summed E-state index contributed by atoms with van der Waals surface area (Å²) in [6.45, 7) is 0. The molecule has 0 atom stereocenters. The molecule has 0 saturated heterocycles. The van der Waals surface area contributed by atoms with Gasteiger partial charge in [0.2, 0.25) is 0 Å². The summed E-state index contributed by atoms with van der Waals surface area (Å²) in [7, 11) is -6.55. The zero-order chi connectivity index (χ0) is 21.9.